The second-order valence-electron chi connectivity index (χ2n) is 15.9. The molecule has 0 fully saturated rings. The maximum absolute atomic E-state index is 15.0. The Morgan fingerprint density at radius 2 is 0.721 bits per heavy atom. The molecule has 0 radical (unpaired) electrons. The Bertz CT molecular complexity index is 3770. The highest BCUT2D eigenvalue weighted by Gasteiger charge is 2.34. The van der Waals surface area contributed by atoms with Gasteiger partial charge in [0.2, 0.25) is 0 Å². The Labute approximate surface area is 384 Å². The van der Waals surface area contributed by atoms with E-state index in [2.05, 4.69) is 49.3 Å². The van der Waals surface area contributed by atoms with Crippen LogP contribution in [0, 0.1) is 6.57 Å². The lowest BCUT2D eigenvalue weighted by atomic mass is 9.96. The van der Waals surface area contributed by atoms with Crippen LogP contribution in [0.5, 0.6) is 0 Å². The van der Waals surface area contributed by atoms with E-state index in [9.17, 15) is 0 Å². The molecule has 0 spiro atoms. The third kappa shape index (κ3) is 6.68. The van der Waals surface area contributed by atoms with Gasteiger partial charge < -0.3 is 9.13 Å². The summed E-state index contributed by atoms with van der Waals surface area (Å²) >= 11 is 0. The molecule has 0 saturated heterocycles. The molecule has 0 atom stereocenters. The van der Waals surface area contributed by atoms with E-state index < -0.39 is 11.7 Å². The fourth-order valence-electron chi connectivity index (χ4n) is 9.10. The van der Waals surface area contributed by atoms with Crippen LogP contribution < -0.4 is 0 Å². The molecule has 6 heterocycles. The molecule has 68 heavy (non-hydrogen) atoms. The van der Waals surface area contributed by atoms with Crippen LogP contribution in [0.4, 0.5) is 18.9 Å². The smallest absolute Gasteiger partial charge is 0.308 e. The average Bonchev–Trinajstić information content (AvgIpc) is 3.90. The van der Waals surface area contributed by atoms with E-state index in [-0.39, 0.29) is 16.8 Å². The number of aromatic nitrogens is 10. The monoisotopic (exact) mass is 889 g/mol. The Morgan fingerprint density at radius 1 is 0.382 bits per heavy atom. The maximum Gasteiger partial charge on any atom is 0.416 e. The van der Waals surface area contributed by atoms with Gasteiger partial charge in [0, 0.05) is 93.4 Å². The first-order valence-corrected chi connectivity index (χ1v) is 21.3. The largest absolute Gasteiger partial charge is 0.416 e. The molecule has 0 bridgehead atoms. The predicted molar refractivity (Wildman–Crippen MR) is 256 cm³/mol. The summed E-state index contributed by atoms with van der Waals surface area (Å²) in [7, 11) is 0. The van der Waals surface area contributed by atoms with E-state index in [0.717, 1.165) is 49.8 Å². The maximum atomic E-state index is 15.0. The van der Waals surface area contributed by atoms with Gasteiger partial charge in [0.1, 0.15) is 0 Å². The van der Waals surface area contributed by atoms with E-state index in [4.69, 9.17) is 6.57 Å². The van der Waals surface area contributed by atoms with Crippen molar-refractivity contribution in [3.8, 4) is 68.1 Å². The third-order valence-electron chi connectivity index (χ3n) is 12.0. The number of hydrogen-bond donors (Lipinski definition) is 0. The molecule has 6 aromatic heterocycles. The molecule has 0 aliphatic rings. The number of fused-ring (bicyclic) bond motifs is 6. The summed E-state index contributed by atoms with van der Waals surface area (Å²) in [6, 6.07) is 39.6. The summed E-state index contributed by atoms with van der Waals surface area (Å²) < 4.78 is 49.2. The fourth-order valence-corrected chi connectivity index (χ4v) is 9.10. The van der Waals surface area contributed by atoms with Gasteiger partial charge in [0.25, 0.3) is 0 Å². The van der Waals surface area contributed by atoms with Crippen LogP contribution in [0.2, 0.25) is 0 Å². The molecule has 6 aromatic carbocycles. The zero-order valence-corrected chi connectivity index (χ0v) is 35.4. The van der Waals surface area contributed by atoms with Crippen molar-refractivity contribution in [3.63, 3.8) is 0 Å². The molecule has 322 valence electrons. The van der Waals surface area contributed by atoms with Crippen LogP contribution in [0.1, 0.15) is 5.56 Å². The first-order valence-electron chi connectivity index (χ1n) is 21.3. The van der Waals surface area contributed by atoms with Gasteiger partial charge in [-0.05, 0) is 77.9 Å². The molecule has 11 nitrogen and oxygen atoms in total. The summed E-state index contributed by atoms with van der Waals surface area (Å²) in [5, 5.41) is 3.45. The van der Waals surface area contributed by atoms with Crippen molar-refractivity contribution in [2.45, 2.75) is 6.18 Å². The van der Waals surface area contributed by atoms with Gasteiger partial charge >= 0.3 is 6.18 Å². The van der Waals surface area contributed by atoms with E-state index in [1.165, 1.54) is 12.1 Å². The Hall–Kier alpha value is -9.48. The highest BCUT2D eigenvalue weighted by Crippen LogP contribution is 2.47. The van der Waals surface area contributed by atoms with Gasteiger partial charge in [-0.25, -0.2) is 44.7 Å². The quantitative estimate of drug-likeness (QED) is 0.145. The molecule has 0 N–H and O–H groups in total. The lowest BCUT2D eigenvalue weighted by Crippen LogP contribution is -2.08. The van der Waals surface area contributed by atoms with Gasteiger partial charge in [-0.1, -0.05) is 66.7 Å². The van der Waals surface area contributed by atoms with Crippen LogP contribution in [0.15, 0.2) is 183 Å². The Balaban J connectivity index is 1.27. The SMILES string of the molecule is [C-]#[N+]c1cc(-n2c3cc(-c4ncccn4)ccc3c3ccc(-c4ncccn4)cc32)c(-n2c3cc(-c4ncccn4)ccc3c3ccc(-c4ncccn4)cc32)cc1-c1ccccc1C(F)(F)F. The lowest BCUT2D eigenvalue weighted by Gasteiger charge is -2.21. The van der Waals surface area contributed by atoms with Gasteiger partial charge in [0.15, 0.2) is 29.0 Å². The van der Waals surface area contributed by atoms with Crippen molar-refractivity contribution in [2.75, 3.05) is 0 Å². The number of halogens is 3. The zero-order chi connectivity index (χ0) is 45.9. The lowest BCUT2D eigenvalue weighted by molar-refractivity contribution is -0.137. The van der Waals surface area contributed by atoms with Gasteiger partial charge in [-0.15, -0.1) is 0 Å². The van der Waals surface area contributed by atoms with Gasteiger partial charge in [0.05, 0.1) is 45.6 Å². The summed E-state index contributed by atoms with van der Waals surface area (Å²) in [5.74, 6) is 1.97. The van der Waals surface area contributed by atoms with Gasteiger partial charge in [-0.3, -0.25) is 0 Å². The second-order valence-corrected chi connectivity index (χ2v) is 15.9. The molecule has 12 aromatic rings. The minimum Gasteiger partial charge on any atom is -0.308 e. The minimum absolute atomic E-state index is 0.0121. The van der Waals surface area contributed by atoms with Crippen LogP contribution in [-0.2, 0) is 6.18 Å². The molecule has 0 amide bonds. The number of benzene rings is 6. The van der Waals surface area contributed by atoms with Crippen molar-refractivity contribution in [1.29, 1.82) is 0 Å². The summed E-state index contributed by atoms with van der Waals surface area (Å²) in [5.41, 5.74) is 5.86. The Kier molecular flexibility index (Phi) is 9.36. The van der Waals surface area contributed by atoms with Crippen molar-refractivity contribution < 1.29 is 13.2 Å². The van der Waals surface area contributed by atoms with Crippen LogP contribution >= 0.6 is 0 Å². The van der Waals surface area contributed by atoms with Crippen molar-refractivity contribution in [1.82, 2.24) is 49.0 Å². The molecule has 0 aliphatic carbocycles. The highest BCUT2D eigenvalue weighted by atomic mass is 19.4. The molecular weight excluding hydrogens is 860 g/mol. The molecule has 0 unspecified atom stereocenters. The standard InChI is InChI=1S/C54H30F3N11/c1-58-43-31-49(68-46-28-34(52-63-22-6-23-64-52)12-16-39(46)40-17-13-35(29-47(40)68)53-65-24-7-25-66-53)48(30-41(43)36-8-2-3-9-42(36)54(55,56)57)67-44-26-32(50-59-18-4-19-60-50)10-14-37(44)38-15-11-33(27-45(38)67)51-61-20-5-21-62-51/h2-31H. The summed E-state index contributed by atoms with van der Waals surface area (Å²) in [6.07, 6.45) is 8.67. The predicted octanol–water partition coefficient (Wildman–Crippen LogP) is 12.9. The summed E-state index contributed by atoms with van der Waals surface area (Å²) in [6.45, 7) is 8.62. The van der Waals surface area contributed by atoms with E-state index >= 15 is 13.2 Å². The normalized spacial score (nSPS) is 11.7. The van der Waals surface area contributed by atoms with Crippen LogP contribution in [0.3, 0.4) is 0 Å². The fraction of sp³-hybridized carbons (Fsp3) is 0.0185. The molecular formula is C54H30F3N11. The number of rotatable bonds is 7. The third-order valence-corrected chi connectivity index (χ3v) is 12.0. The molecule has 14 heteroatoms. The zero-order valence-electron chi connectivity index (χ0n) is 35.4. The number of hydrogen-bond acceptors (Lipinski definition) is 8. The molecule has 0 aliphatic heterocycles. The molecule has 0 saturated carbocycles. The van der Waals surface area contributed by atoms with E-state index in [1.807, 2.05) is 77.4 Å². The average molecular weight is 890 g/mol. The van der Waals surface area contributed by atoms with Crippen molar-refractivity contribution >= 4 is 49.3 Å². The van der Waals surface area contributed by atoms with E-state index in [0.29, 0.717) is 56.8 Å². The first kappa shape index (κ1) is 40.1. The highest BCUT2D eigenvalue weighted by molar-refractivity contribution is 6.14. The Morgan fingerprint density at radius 3 is 1.06 bits per heavy atom. The van der Waals surface area contributed by atoms with Gasteiger partial charge in [-0.2, -0.15) is 13.2 Å². The number of alkyl halides is 3. The van der Waals surface area contributed by atoms with Crippen LogP contribution in [0.25, 0.3) is 117 Å². The summed E-state index contributed by atoms with van der Waals surface area (Å²) in [4.78, 5) is 40.5. The van der Waals surface area contributed by atoms with Crippen LogP contribution in [-0.4, -0.2) is 49.0 Å². The molecule has 12 rings (SSSR count). The minimum atomic E-state index is -4.73. The van der Waals surface area contributed by atoms with Crippen molar-refractivity contribution in [3.05, 3.63) is 200 Å². The number of nitrogens with zero attached hydrogens (tertiary/aromatic N) is 11. The first-order chi connectivity index (χ1) is 33.3. The topological polar surface area (TPSA) is 117 Å². The van der Waals surface area contributed by atoms with E-state index in [1.54, 1.807) is 92.0 Å². The van der Waals surface area contributed by atoms with Crippen molar-refractivity contribution in [2.24, 2.45) is 0 Å². The second kappa shape index (κ2) is 15.9.